The molecule has 1 aromatic carbocycles. The summed E-state index contributed by atoms with van der Waals surface area (Å²) in [5.41, 5.74) is -0.390. The predicted octanol–water partition coefficient (Wildman–Crippen LogP) is 0.350. The van der Waals surface area contributed by atoms with Gasteiger partial charge in [-0.3, -0.25) is 10.1 Å². The molecule has 68 valence electrons. The van der Waals surface area contributed by atoms with Crippen molar-refractivity contribution in [2.75, 3.05) is 5.32 Å². The minimum Gasteiger partial charge on any atom is -0.530 e. The van der Waals surface area contributed by atoms with Gasteiger partial charge < -0.3 is 15.2 Å². The highest BCUT2D eigenvalue weighted by Gasteiger charge is 2.11. The maximum Gasteiger partial charge on any atom is 0.292 e. The van der Waals surface area contributed by atoms with Crippen LogP contribution in [-0.2, 0) is 0 Å². The minimum atomic E-state index is -1.57. The Bertz CT molecular complexity index is 350. The number of carbonyl (C=O) groups is 1. The zero-order valence-corrected chi connectivity index (χ0v) is 6.39. The lowest BCUT2D eigenvalue weighted by Crippen LogP contribution is -2.29. The van der Waals surface area contributed by atoms with Crippen LogP contribution in [0.15, 0.2) is 24.3 Å². The Kier molecular flexibility index (Phi) is 2.44. The monoisotopic (exact) mass is 181 g/mol. The summed E-state index contributed by atoms with van der Waals surface area (Å²) in [7, 11) is 0. The Morgan fingerprint density at radius 3 is 2.54 bits per heavy atom. The van der Waals surface area contributed by atoms with Crippen molar-refractivity contribution in [3.05, 3.63) is 34.4 Å². The van der Waals surface area contributed by atoms with Crippen molar-refractivity contribution in [2.45, 2.75) is 0 Å². The van der Waals surface area contributed by atoms with Crippen LogP contribution in [0.1, 0.15) is 0 Å². The summed E-state index contributed by atoms with van der Waals surface area (Å²) < 4.78 is 0. The van der Waals surface area contributed by atoms with Crippen LogP contribution in [0.2, 0.25) is 0 Å². The van der Waals surface area contributed by atoms with Crippen LogP contribution >= 0.6 is 0 Å². The SMILES string of the molecule is O=C([O-])Nc1ccccc1[N+](=O)[O-]. The number of nitrogens with zero attached hydrogens (tertiary/aromatic N) is 1. The Balaban J connectivity index is 3.04. The van der Waals surface area contributed by atoms with Crippen molar-refractivity contribution in [1.29, 1.82) is 0 Å². The summed E-state index contributed by atoms with van der Waals surface area (Å²) >= 11 is 0. The predicted molar refractivity (Wildman–Crippen MR) is 42.1 cm³/mol. The highest BCUT2D eigenvalue weighted by molar-refractivity contribution is 5.84. The van der Waals surface area contributed by atoms with Crippen molar-refractivity contribution in [2.24, 2.45) is 0 Å². The molecule has 0 bridgehead atoms. The number of para-hydroxylation sites is 2. The fourth-order valence-electron chi connectivity index (χ4n) is 0.849. The molecule has 0 saturated heterocycles. The van der Waals surface area contributed by atoms with Crippen LogP contribution in [-0.4, -0.2) is 11.0 Å². The van der Waals surface area contributed by atoms with Crippen molar-refractivity contribution in [3.8, 4) is 0 Å². The van der Waals surface area contributed by atoms with Gasteiger partial charge >= 0.3 is 0 Å². The van der Waals surface area contributed by atoms with E-state index in [4.69, 9.17) is 0 Å². The van der Waals surface area contributed by atoms with Crippen LogP contribution in [0.25, 0.3) is 0 Å². The summed E-state index contributed by atoms with van der Waals surface area (Å²) in [6, 6.07) is 5.41. The maximum absolute atomic E-state index is 10.4. The average Bonchev–Trinajstić information content (AvgIpc) is 2.03. The number of nitrogens with one attached hydrogen (secondary N) is 1. The first kappa shape index (κ1) is 8.98. The van der Waals surface area contributed by atoms with E-state index in [1.165, 1.54) is 24.3 Å². The normalized spacial score (nSPS) is 9.23. The molecule has 6 heteroatoms. The van der Waals surface area contributed by atoms with E-state index in [1.54, 1.807) is 0 Å². The van der Waals surface area contributed by atoms with Gasteiger partial charge in [0, 0.05) is 6.07 Å². The molecule has 1 aromatic rings. The molecule has 0 heterocycles. The van der Waals surface area contributed by atoms with Crippen LogP contribution < -0.4 is 10.4 Å². The quantitative estimate of drug-likeness (QED) is 0.525. The smallest absolute Gasteiger partial charge is 0.292 e. The number of benzene rings is 1. The number of carboxylic acid groups (broad SMARTS) is 1. The molecule has 6 nitrogen and oxygen atoms in total. The molecular weight excluding hydrogens is 176 g/mol. The molecule has 0 aliphatic rings. The Labute approximate surface area is 73.0 Å². The zero-order valence-electron chi connectivity index (χ0n) is 6.39. The molecule has 0 atom stereocenters. The largest absolute Gasteiger partial charge is 0.530 e. The van der Waals surface area contributed by atoms with Gasteiger partial charge in [0.25, 0.3) is 5.69 Å². The molecule has 0 radical (unpaired) electrons. The van der Waals surface area contributed by atoms with Gasteiger partial charge in [-0.1, -0.05) is 12.1 Å². The zero-order chi connectivity index (χ0) is 9.84. The number of nitro benzene ring substituents is 1. The first-order valence-electron chi connectivity index (χ1n) is 3.32. The van der Waals surface area contributed by atoms with Crippen LogP contribution in [0.3, 0.4) is 0 Å². The third-order valence-electron chi connectivity index (χ3n) is 1.34. The fraction of sp³-hybridized carbons (Fsp3) is 0. The number of nitro groups is 1. The van der Waals surface area contributed by atoms with E-state index in [2.05, 4.69) is 0 Å². The Morgan fingerprint density at radius 2 is 2.00 bits per heavy atom. The van der Waals surface area contributed by atoms with Gasteiger partial charge in [-0.25, -0.2) is 0 Å². The Morgan fingerprint density at radius 1 is 1.38 bits per heavy atom. The highest BCUT2D eigenvalue weighted by Crippen LogP contribution is 2.22. The second-order valence-corrected chi connectivity index (χ2v) is 2.19. The van der Waals surface area contributed by atoms with Gasteiger partial charge in [-0.15, -0.1) is 0 Å². The second-order valence-electron chi connectivity index (χ2n) is 2.19. The third kappa shape index (κ3) is 2.16. The van der Waals surface area contributed by atoms with Gasteiger partial charge in [0.15, 0.2) is 0 Å². The fourth-order valence-corrected chi connectivity index (χ4v) is 0.849. The summed E-state index contributed by atoms with van der Waals surface area (Å²) in [4.78, 5) is 19.8. The van der Waals surface area contributed by atoms with Crippen LogP contribution in [0, 0.1) is 10.1 Å². The number of hydrogen-bond acceptors (Lipinski definition) is 4. The van der Waals surface area contributed by atoms with Crippen molar-refractivity contribution in [3.63, 3.8) is 0 Å². The molecule has 1 N–H and O–H groups in total. The highest BCUT2D eigenvalue weighted by atomic mass is 16.6. The molecule has 0 spiro atoms. The van der Waals surface area contributed by atoms with Crippen molar-refractivity contribution >= 4 is 17.5 Å². The van der Waals surface area contributed by atoms with E-state index < -0.39 is 11.0 Å². The van der Waals surface area contributed by atoms with E-state index in [1.807, 2.05) is 5.32 Å². The lowest BCUT2D eigenvalue weighted by Gasteiger charge is -2.05. The molecule has 13 heavy (non-hydrogen) atoms. The van der Waals surface area contributed by atoms with Gasteiger partial charge in [0.1, 0.15) is 11.8 Å². The van der Waals surface area contributed by atoms with Crippen molar-refractivity contribution in [1.82, 2.24) is 0 Å². The number of hydrogen-bond donors (Lipinski definition) is 1. The lowest BCUT2D eigenvalue weighted by molar-refractivity contribution is -0.384. The maximum atomic E-state index is 10.4. The van der Waals surface area contributed by atoms with Crippen LogP contribution in [0.5, 0.6) is 0 Å². The van der Waals surface area contributed by atoms with E-state index in [0.29, 0.717) is 0 Å². The molecular formula is C7H5N2O4-. The summed E-state index contributed by atoms with van der Waals surface area (Å²) in [5, 5.41) is 22.3. The Hall–Kier alpha value is -2.11. The first-order chi connectivity index (χ1) is 6.11. The third-order valence-corrected chi connectivity index (χ3v) is 1.34. The summed E-state index contributed by atoms with van der Waals surface area (Å²) in [6.45, 7) is 0. The summed E-state index contributed by atoms with van der Waals surface area (Å²) in [5.74, 6) is 0. The lowest BCUT2D eigenvalue weighted by atomic mass is 10.3. The van der Waals surface area contributed by atoms with Gasteiger partial charge in [-0.2, -0.15) is 0 Å². The van der Waals surface area contributed by atoms with Gasteiger partial charge in [-0.05, 0) is 6.07 Å². The van der Waals surface area contributed by atoms with Crippen molar-refractivity contribution < 1.29 is 14.8 Å². The van der Waals surface area contributed by atoms with Gasteiger partial charge in [0.05, 0.1) is 4.92 Å². The van der Waals surface area contributed by atoms with E-state index >= 15 is 0 Å². The number of carbonyl (C=O) groups excluding carboxylic acids is 1. The molecule has 0 unspecified atom stereocenters. The van der Waals surface area contributed by atoms with Gasteiger partial charge in [0.2, 0.25) is 0 Å². The molecule has 0 saturated carbocycles. The summed E-state index contributed by atoms with van der Waals surface area (Å²) in [6.07, 6.45) is -1.57. The molecule has 0 aliphatic heterocycles. The molecule has 0 fully saturated rings. The standard InChI is InChI=1S/C7H6N2O4/c10-7(11)8-5-3-1-2-4-6(5)9(12)13/h1-4,8H,(H,10,11)/p-1. The number of amides is 1. The van der Waals surface area contributed by atoms with E-state index in [0.717, 1.165) is 0 Å². The minimum absolute atomic E-state index is 0.0903. The van der Waals surface area contributed by atoms with E-state index in [9.17, 15) is 20.0 Å². The van der Waals surface area contributed by atoms with E-state index in [-0.39, 0.29) is 11.4 Å². The topological polar surface area (TPSA) is 95.3 Å². The number of rotatable bonds is 2. The molecule has 1 rings (SSSR count). The molecule has 0 aliphatic carbocycles. The first-order valence-corrected chi connectivity index (χ1v) is 3.32. The molecule has 1 amide bonds. The molecule has 0 aromatic heterocycles. The van der Waals surface area contributed by atoms with Crippen LogP contribution in [0.4, 0.5) is 16.2 Å². The number of anilines is 1. The average molecular weight is 181 g/mol. The second kappa shape index (κ2) is 3.53.